The van der Waals surface area contributed by atoms with Crippen LogP contribution in [-0.2, 0) is 16.6 Å². The molecule has 0 atom stereocenters. The Bertz CT molecular complexity index is 496. The summed E-state index contributed by atoms with van der Waals surface area (Å²) in [6, 6.07) is 0.154. The summed E-state index contributed by atoms with van der Waals surface area (Å²) >= 11 is 5.60. The zero-order valence-corrected chi connectivity index (χ0v) is 12.0. The van der Waals surface area contributed by atoms with Crippen molar-refractivity contribution >= 4 is 21.6 Å². The van der Waals surface area contributed by atoms with E-state index in [0.29, 0.717) is 12.4 Å². The van der Waals surface area contributed by atoms with Crippen LogP contribution in [0.2, 0.25) is 0 Å². The fourth-order valence-electron chi connectivity index (χ4n) is 1.93. The Morgan fingerprint density at radius 3 is 2.83 bits per heavy atom. The van der Waals surface area contributed by atoms with Crippen LogP contribution in [0.15, 0.2) is 17.3 Å². The minimum absolute atomic E-state index is 0.154. The number of sulfonamides is 1. The minimum atomic E-state index is -3.39. The van der Waals surface area contributed by atoms with Gasteiger partial charge in [0.1, 0.15) is 4.90 Å². The van der Waals surface area contributed by atoms with Crippen LogP contribution in [-0.4, -0.2) is 41.5 Å². The van der Waals surface area contributed by atoms with Crippen LogP contribution in [0.3, 0.4) is 0 Å². The van der Waals surface area contributed by atoms with Gasteiger partial charge in [-0.3, -0.25) is 4.68 Å². The van der Waals surface area contributed by atoms with Crippen LogP contribution in [0.5, 0.6) is 0 Å². The molecule has 0 unspecified atom stereocenters. The van der Waals surface area contributed by atoms with Crippen molar-refractivity contribution in [3.05, 3.63) is 12.4 Å². The number of alkyl halides is 1. The highest BCUT2D eigenvalue weighted by molar-refractivity contribution is 7.89. The van der Waals surface area contributed by atoms with Gasteiger partial charge in [0, 0.05) is 31.7 Å². The Hall–Kier alpha value is -0.590. The molecule has 18 heavy (non-hydrogen) atoms. The summed E-state index contributed by atoms with van der Waals surface area (Å²) in [6.07, 6.45) is 6.79. The Morgan fingerprint density at radius 1 is 1.56 bits per heavy atom. The van der Waals surface area contributed by atoms with Gasteiger partial charge >= 0.3 is 0 Å². The molecule has 1 saturated carbocycles. The summed E-state index contributed by atoms with van der Waals surface area (Å²) in [6.45, 7) is 0.645. The Balaban J connectivity index is 2.11. The van der Waals surface area contributed by atoms with Crippen molar-refractivity contribution in [1.82, 2.24) is 14.1 Å². The number of rotatable bonds is 6. The van der Waals surface area contributed by atoms with E-state index in [1.54, 1.807) is 17.9 Å². The maximum Gasteiger partial charge on any atom is 0.246 e. The molecule has 0 spiro atoms. The normalized spacial score (nSPS) is 17.1. The highest BCUT2D eigenvalue weighted by Crippen LogP contribution is 2.28. The van der Waals surface area contributed by atoms with Gasteiger partial charge in [0.05, 0.1) is 6.20 Å². The first-order valence-corrected chi connectivity index (χ1v) is 8.09. The lowest BCUT2D eigenvalue weighted by Gasteiger charge is -2.33. The van der Waals surface area contributed by atoms with Gasteiger partial charge in [-0.1, -0.05) is 6.42 Å². The summed E-state index contributed by atoms with van der Waals surface area (Å²) in [5.74, 6) is 0.546. The van der Waals surface area contributed by atoms with Gasteiger partial charge < -0.3 is 0 Å². The third-order valence-electron chi connectivity index (χ3n) is 3.40. The first-order chi connectivity index (χ1) is 8.55. The summed E-state index contributed by atoms with van der Waals surface area (Å²) in [5.41, 5.74) is 0. The second-order valence-electron chi connectivity index (χ2n) is 4.59. The summed E-state index contributed by atoms with van der Waals surface area (Å²) in [4.78, 5) is 0.270. The van der Waals surface area contributed by atoms with Crippen molar-refractivity contribution in [2.75, 3.05) is 12.9 Å². The third-order valence-corrected chi connectivity index (χ3v) is 5.53. The van der Waals surface area contributed by atoms with E-state index in [2.05, 4.69) is 5.10 Å². The zero-order chi connectivity index (χ0) is 13.2. The molecule has 0 bridgehead atoms. The highest BCUT2D eigenvalue weighted by atomic mass is 35.5. The second kappa shape index (κ2) is 5.59. The molecule has 1 heterocycles. The second-order valence-corrected chi connectivity index (χ2v) is 6.96. The molecule has 1 fully saturated rings. The Morgan fingerprint density at radius 2 is 2.28 bits per heavy atom. The third kappa shape index (κ3) is 2.70. The van der Waals surface area contributed by atoms with E-state index in [0.717, 1.165) is 25.7 Å². The standard InChI is InChI=1S/C11H18ClN3O2S/c1-14(10-4-2-5-10)18(16,17)11-8-13-15(9-11)7-3-6-12/h8-10H,2-7H2,1H3. The van der Waals surface area contributed by atoms with E-state index in [-0.39, 0.29) is 10.9 Å². The lowest BCUT2D eigenvalue weighted by atomic mass is 9.94. The van der Waals surface area contributed by atoms with Crippen molar-refractivity contribution < 1.29 is 8.42 Å². The largest absolute Gasteiger partial charge is 0.271 e. The minimum Gasteiger partial charge on any atom is -0.271 e. The molecule has 1 aromatic rings. The molecule has 0 radical (unpaired) electrons. The van der Waals surface area contributed by atoms with E-state index < -0.39 is 10.0 Å². The van der Waals surface area contributed by atoms with E-state index in [1.165, 1.54) is 10.5 Å². The number of halogens is 1. The molecule has 0 amide bonds. The van der Waals surface area contributed by atoms with E-state index in [9.17, 15) is 8.42 Å². The van der Waals surface area contributed by atoms with Crippen molar-refractivity contribution in [3.63, 3.8) is 0 Å². The molecule has 7 heteroatoms. The van der Waals surface area contributed by atoms with Crippen molar-refractivity contribution in [2.24, 2.45) is 0 Å². The number of nitrogens with zero attached hydrogens (tertiary/aromatic N) is 3. The molecule has 1 aliphatic carbocycles. The number of aromatic nitrogens is 2. The van der Waals surface area contributed by atoms with Crippen LogP contribution in [0.25, 0.3) is 0 Å². The molecule has 102 valence electrons. The smallest absolute Gasteiger partial charge is 0.246 e. The van der Waals surface area contributed by atoms with E-state index >= 15 is 0 Å². The zero-order valence-electron chi connectivity index (χ0n) is 10.4. The molecular formula is C11H18ClN3O2S. The molecular weight excluding hydrogens is 274 g/mol. The van der Waals surface area contributed by atoms with Gasteiger partial charge in [0.2, 0.25) is 10.0 Å². The van der Waals surface area contributed by atoms with Gasteiger partial charge in [0.25, 0.3) is 0 Å². The van der Waals surface area contributed by atoms with Crippen LogP contribution in [0, 0.1) is 0 Å². The molecule has 5 nitrogen and oxygen atoms in total. The first kappa shape index (κ1) is 13.8. The molecule has 0 N–H and O–H groups in total. The van der Waals surface area contributed by atoms with Crippen LogP contribution in [0.1, 0.15) is 25.7 Å². The van der Waals surface area contributed by atoms with Crippen molar-refractivity contribution in [2.45, 2.75) is 43.2 Å². The van der Waals surface area contributed by atoms with Gasteiger partial charge in [-0.2, -0.15) is 9.40 Å². The lowest BCUT2D eigenvalue weighted by Crippen LogP contribution is -2.41. The average Bonchev–Trinajstić information content (AvgIpc) is 2.73. The average molecular weight is 292 g/mol. The molecule has 2 rings (SSSR count). The molecule has 1 aliphatic rings. The number of hydrogen-bond acceptors (Lipinski definition) is 3. The highest BCUT2D eigenvalue weighted by Gasteiger charge is 2.32. The maximum absolute atomic E-state index is 12.3. The first-order valence-electron chi connectivity index (χ1n) is 6.12. The fraction of sp³-hybridized carbons (Fsp3) is 0.727. The van der Waals surface area contributed by atoms with Gasteiger partial charge in [-0.05, 0) is 19.3 Å². The SMILES string of the molecule is CN(C1CCC1)S(=O)(=O)c1cnn(CCCCl)c1. The van der Waals surface area contributed by atoms with E-state index in [4.69, 9.17) is 11.6 Å². The van der Waals surface area contributed by atoms with Gasteiger partial charge in [-0.15, -0.1) is 11.6 Å². The maximum atomic E-state index is 12.3. The lowest BCUT2D eigenvalue weighted by molar-refractivity contribution is 0.249. The van der Waals surface area contributed by atoms with Crippen molar-refractivity contribution in [1.29, 1.82) is 0 Å². The van der Waals surface area contributed by atoms with Gasteiger partial charge in [-0.25, -0.2) is 8.42 Å². The number of aryl methyl sites for hydroxylation is 1. The number of hydrogen-bond donors (Lipinski definition) is 0. The summed E-state index contributed by atoms with van der Waals surface area (Å²) < 4.78 is 27.7. The Kier molecular flexibility index (Phi) is 4.29. The molecule has 0 aliphatic heterocycles. The topological polar surface area (TPSA) is 55.2 Å². The van der Waals surface area contributed by atoms with E-state index in [1.807, 2.05) is 0 Å². The van der Waals surface area contributed by atoms with Crippen molar-refractivity contribution in [3.8, 4) is 0 Å². The predicted molar refractivity (Wildman–Crippen MR) is 70.2 cm³/mol. The molecule has 1 aromatic heterocycles. The van der Waals surface area contributed by atoms with Crippen LogP contribution < -0.4 is 0 Å². The summed E-state index contributed by atoms with van der Waals surface area (Å²) in [7, 11) is -1.74. The molecule has 0 saturated heterocycles. The predicted octanol–water partition coefficient (Wildman–Crippen LogP) is 1.68. The monoisotopic (exact) mass is 291 g/mol. The Labute approximate surface area is 113 Å². The quantitative estimate of drug-likeness (QED) is 0.750. The van der Waals surface area contributed by atoms with Crippen LogP contribution >= 0.6 is 11.6 Å². The van der Waals surface area contributed by atoms with Crippen LogP contribution in [0.4, 0.5) is 0 Å². The fourth-order valence-corrected chi connectivity index (χ4v) is 3.43. The van der Waals surface area contributed by atoms with Gasteiger partial charge in [0.15, 0.2) is 0 Å². The molecule has 0 aromatic carbocycles. The summed E-state index contributed by atoms with van der Waals surface area (Å²) in [5, 5.41) is 4.06.